The Kier molecular flexibility index (Phi) is 15.9. The quantitative estimate of drug-likeness (QED) is 0.149. The minimum Gasteiger partial charge on any atom is -0.657 e. The zero-order chi connectivity index (χ0) is 52.5. The predicted octanol–water partition coefficient (Wildman–Crippen LogP) is 19.9. The number of fused-ring (bicyclic) bond motifs is 9. The van der Waals surface area contributed by atoms with Crippen molar-refractivity contribution in [3.8, 4) is 66.8 Å². The molecule has 3 aliphatic carbocycles. The Morgan fingerprint density at radius 1 is 0.304 bits per heavy atom. The van der Waals surface area contributed by atoms with E-state index in [0.717, 1.165) is 38.9 Å². The minimum atomic E-state index is 0. The van der Waals surface area contributed by atoms with Gasteiger partial charge in [-0.15, -0.1) is 54.5 Å². The van der Waals surface area contributed by atoms with Crippen molar-refractivity contribution in [1.82, 2.24) is 0 Å². The summed E-state index contributed by atoms with van der Waals surface area (Å²) in [6.45, 7) is 9.52. The Balaban J connectivity index is 0.000000118. The molecular formula is C75H69IrN3-6. The monoisotopic (exact) mass is 1200 g/mol. The van der Waals surface area contributed by atoms with Gasteiger partial charge in [-0.1, -0.05) is 184 Å². The molecule has 3 aliphatic heterocycles. The molecule has 3 fully saturated rings. The average molecular weight is 1200 g/mol. The van der Waals surface area contributed by atoms with Crippen molar-refractivity contribution in [2.45, 2.75) is 116 Å². The molecule has 3 nitrogen and oxygen atoms in total. The average Bonchev–Trinajstić information content (AvgIpc) is 4.21. The summed E-state index contributed by atoms with van der Waals surface area (Å²) >= 11 is 0. The summed E-state index contributed by atoms with van der Waals surface area (Å²) in [5.41, 5.74) is 32.7. The summed E-state index contributed by atoms with van der Waals surface area (Å²) in [4.78, 5) is 0. The van der Waals surface area contributed by atoms with Crippen LogP contribution in [0, 0.1) is 39.0 Å². The fraction of sp³-hybridized carbons (Fsp3) is 0.280. The van der Waals surface area contributed by atoms with E-state index < -0.39 is 0 Å². The molecule has 0 aromatic heterocycles. The molecule has 0 amide bonds. The topological polar surface area (TPSA) is 42.3 Å². The number of aryl methyl sites for hydroxylation is 3. The molecule has 15 rings (SSSR count). The summed E-state index contributed by atoms with van der Waals surface area (Å²) in [5.74, 6) is 0. The molecule has 3 heterocycles. The fourth-order valence-corrected chi connectivity index (χ4v) is 13.3. The summed E-state index contributed by atoms with van der Waals surface area (Å²) < 4.78 is 0. The van der Waals surface area contributed by atoms with Gasteiger partial charge in [-0.25, -0.2) is 0 Å². The van der Waals surface area contributed by atoms with Crippen LogP contribution in [0.3, 0.4) is 0 Å². The maximum atomic E-state index is 4.80. The van der Waals surface area contributed by atoms with Crippen LogP contribution in [-0.2, 0) is 39.4 Å². The number of hydrogen-bond acceptors (Lipinski definition) is 0. The normalized spacial score (nSPS) is 18.2. The summed E-state index contributed by atoms with van der Waals surface area (Å²) in [6.07, 6.45) is 14.2. The van der Waals surface area contributed by atoms with Crippen molar-refractivity contribution < 1.29 is 20.1 Å². The Morgan fingerprint density at radius 2 is 0.570 bits per heavy atom. The number of rotatable bonds is 6. The standard InChI is InChI=1S/3C25H23N.Ir/c3*1-17-8-10-23-21(13-17)16-22-15-19(9-11-24(22)23)18-5-4-6-20(14-18)25-7-2-3-12-26-25;/h3*4-5,8-11,13-15,25H,2-3,7,12,16H2,1H3;/q3*-2;. The minimum absolute atomic E-state index is 0. The van der Waals surface area contributed by atoms with Gasteiger partial charge in [0.15, 0.2) is 0 Å². The van der Waals surface area contributed by atoms with Gasteiger partial charge in [0.1, 0.15) is 0 Å². The van der Waals surface area contributed by atoms with Crippen LogP contribution < -0.4 is 0 Å². The first kappa shape index (κ1) is 53.2. The van der Waals surface area contributed by atoms with Gasteiger partial charge in [0.05, 0.1) is 0 Å². The van der Waals surface area contributed by atoms with Gasteiger partial charge in [-0.2, -0.15) is 89.5 Å². The van der Waals surface area contributed by atoms with Gasteiger partial charge in [0, 0.05) is 20.1 Å². The van der Waals surface area contributed by atoms with Gasteiger partial charge in [-0.3, -0.25) is 0 Å². The number of nitrogens with zero attached hydrogens (tertiary/aromatic N) is 3. The SMILES string of the molecule is Cc1ccc2c(c1)Cc1cc(-c3cc[c-]c(C4CCCC[N-]4)c3)ccc1-2.Cc1ccc2c(c1)Cc1cc(-c3cc[c-]c(C4CCCC[N-]4)c3)ccc1-2.Cc1ccc2c(c1)Cc1cc(-c3cc[c-]c(C4CCCC[N-]4)c3)ccc1-2.[Ir]. The largest absolute Gasteiger partial charge is 0.657 e. The third-order valence-electron chi connectivity index (χ3n) is 17.4. The number of piperidine rings is 3. The van der Waals surface area contributed by atoms with Crippen molar-refractivity contribution in [3.63, 3.8) is 0 Å². The molecule has 0 N–H and O–H groups in total. The Bertz CT molecular complexity index is 3280. The molecule has 399 valence electrons. The predicted molar refractivity (Wildman–Crippen MR) is 326 cm³/mol. The fourth-order valence-electron chi connectivity index (χ4n) is 13.3. The number of hydrogen-bond donors (Lipinski definition) is 0. The van der Waals surface area contributed by atoms with Gasteiger partial charge >= 0.3 is 0 Å². The van der Waals surface area contributed by atoms with Crippen LogP contribution in [0.15, 0.2) is 164 Å². The zero-order valence-corrected chi connectivity index (χ0v) is 48.5. The Hall–Kier alpha value is -6.49. The molecule has 3 atom stereocenters. The summed E-state index contributed by atoms with van der Waals surface area (Å²) in [5, 5.41) is 14.4. The van der Waals surface area contributed by atoms with Crippen molar-refractivity contribution in [2.24, 2.45) is 0 Å². The van der Waals surface area contributed by atoms with Crippen molar-refractivity contribution in [3.05, 3.63) is 265 Å². The van der Waals surface area contributed by atoms with Crippen molar-refractivity contribution in [2.75, 3.05) is 19.6 Å². The van der Waals surface area contributed by atoms with Gasteiger partial charge in [0.2, 0.25) is 0 Å². The van der Waals surface area contributed by atoms with Crippen LogP contribution in [0.4, 0.5) is 0 Å². The first-order valence-corrected chi connectivity index (χ1v) is 29.1. The van der Waals surface area contributed by atoms with Crippen LogP contribution in [0.5, 0.6) is 0 Å². The van der Waals surface area contributed by atoms with E-state index in [0.29, 0.717) is 18.1 Å². The Labute approximate surface area is 484 Å². The smallest absolute Gasteiger partial charge is 0 e. The van der Waals surface area contributed by atoms with Crippen LogP contribution in [0.25, 0.3) is 82.7 Å². The summed E-state index contributed by atoms with van der Waals surface area (Å²) in [6, 6.07) is 72.2. The van der Waals surface area contributed by atoms with E-state index >= 15 is 0 Å². The number of benzene rings is 9. The molecule has 6 aliphatic rings. The van der Waals surface area contributed by atoms with Crippen LogP contribution >= 0.6 is 0 Å². The maximum Gasteiger partial charge on any atom is 0 e. The van der Waals surface area contributed by atoms with E-state index in [1.54, 1.807) is 0 Å². The molecule has 3 saturated heterocycles. The van der Waals surface area contributed by atoms with Gasteiger partial charge in [-0.05, 0) is 123 Å². The third kappa shape index (κ3) is 11.5. The molecular weight excluding hydrogens is 1140 g/mol. The van der Waals surface area contributed by atoms with Crippen LogP contribution in [0.1, 0.15) is 143 Å². The zero-order valence-electron chi connectivity index (χ0n) is 46.1. The maximum absolute atomic E-state index is 4.80. The van der Waals surface area contributed by atoms with E-state index in [-0.39, 0.29) is 20.1 Å². The second kappa shape index (κ2) is 23.7. The molecule has 9 aromatic carbocycles. The van der Waals surface area contributed by atoms with E-state index in [1.807, 2.05) is 0 Å². The molecule has 1 radical (unpaired) electrons. The molecule has 3 unspecified atom stereocenters. The van der Waals surface area contributed by atoms with Crippen molar-refractivity contribution >= 4 is 0 Å². The van der Waals surface area contributed by atoms with Gasteiger partial charge in [0.25, 0.3) is 0 Å². The molecule has 0 bridgehead atoms. The van der Waals surface area contributed by atoms with Gasteiger partial charge < -0.3 is 16.0 Å². The molecule has 9 aromatic rings. The van der Waals surface area contributed by atoms with E-state index in [1.165, 1.54) is 191 Å². The van der Waals surface area contributed by atoms with E-state index in [9.17, 15) is 0 Å². The van der Waals surface area contributed by atoms with Crippen LogP contribution in [0.2, 0.25) is 0 Å². The first-order valence-electron chi connectivity index (χ1n) is 29.1. The summed E-state index contributed by atoms with van der Waals surface area (Å²) in [7, 11) is 0. The van der Waals surface area contributed by atoms with Crippen LogP contribution in [-0.4, -0.2) is 19.6 Å². The Morgan fingerprint density at radius 3 is 0.848 bits per heavy atom. The van der Waals surface area contributed by atoms with E-state index in [4.69, 9.17) is 16.0 Å². The second-order valence-corrected chi connectivity index (χ2v) is 23.0. The molecule has 79 heavy (non-hydrogen) atoms. The second-order valence-electron chi connectivity index (χ2n) is 23.0. The molecule has 4 heteroatoms. The van der Waals surface area contributed by atoms with E-state index in [2.05, 4.69) is 203 Å². The first-order chi connectivity index (χ1) is 38.3. The molecule has 0 spiro atoms. The third-order valence-corrected chi connectivity index (χ3v) is 17.4. The van der Waals surface area contributed by atoms with Crippen molar-refractivity contribution in [1.29, 1.82) is 0 Å². The molecule has 0 saturated carbocycles.